The first kappa shape index (κ1) is 30.1. The topological polar surface area (TPSA) is 86.8 Å². The quantitative estimate of drug-likeness (QED) is 0.238. The molecule has 214 valence electrons. The molecule has 0 heterocycles. The van der Waals surface area contributed by atoms with Crippen LogP contribution < -0.4 is 9.62 Å². The molecule has 0 radical (unpaired) electrons. The largest absolute Gasteiger partial charge is 0.354 e. The summed E-state index contributed by atoms with van der Waals surface area (Å²) < 4.78 is 27.4. The first-order chi connectivity index (χ1) is 19.7. The van der Waals surface area contributed by atoms with Gasteiger partial charge in [0.15, 0.2) is 0 Å². The lowest BCUT2D eigenvalue weighted by atomic mass is 10.0. The number of fused-ring (bicyclic) bond motifs is 1. The molecule has 0 aliphatic carbocycles. The van der Waals surface area contributed by atoms with Gasteiger partial charge in [0.1, 0.15) is 12.6 Å². The summed E-state index contributed by atoms with van der Waals surface area (Å²) in [5.74, 6) is -0.831. The van der Waals surface area contributed by atoms with Gasteiger partial charge in [0, 0.05) is 29.9 Å². The predicted molar refractivity (Wildman–Crippen MR) is 165 cm³/mol. The summed E-state index contributed by atoms with van der Waals surface area (Å²) in [5.41, 5.74) is 1.92. The average molecular weight is 592 g/mol. The molecule has 4 aromatic rings. The second-order valence-electron chi connectivity index (χ2n) is 9.88. The molecule has 0 bridgehead atoms. The first-order valence-electron chi connectivity index (χ1n) is 13.5. The molecule has 9 heteroatoms. The number of hydrogen-bond donors (Lipinski definition) is 1. The number of carbonyl (C=O) groups is 2. The maximum absolute atomic E-state index is 14.2. The van der Waals surface area contributed by atoms with Gasteiger partial charge in [-0.2, -0.15) is 0 Å². The molecule has 0 spiro atoms. The Kier molecular flexibility index (Phi) is 10.0. The lowest BCUT2D eigenvalue weighted by Crippen LogP contribution is -2.53. The molecule has 4 aromatic carbocycles. The number of sulfonamides is 1. The van der Waals surface area contributed by atoms with Crippen LogP contribution in [0.15, 0.2) is 97.1 Å². The van der Waals surface area contributed by atoms with Crippen LogP contribution in [0.4, 0.5) is 5.69 Å². The maximum atomic E-state index is 14.2. The number of nitrogens with one attached hydrogen (secondary N) is 1. The Morgan fingerprint density at radius 1 is 0.878 bits per heavy atom. The lowest BCUT2D eigenvalue weighted by molar-refractivity contribution is -0.140. The highest BCUT2D eigenvalue weighted by Crippen LogP contribution is 2.29. The van der Waals surface area contributed by atoms with E-state index in [-0.39, 0.29) is 18.9 Å². The highest BCUT2D eigenvalue weighted by atomic mass is 35.5. The fourth-order valence-corrected chi connectivity index (χ4v) is 5.81. The molecule has 0 aliphatic heterocycles. The molecule has 0 fully saturated rings. The molecule has 4 rings (SSSR count). The van der Waals surface area contributed by atoms with E-state index in [1.807, 2.05) is 73.7 Å². The van der Waals surface area contributed by atoms with Gasteiger partial charge >= 0.3 is 0 Å². The van der Waals surface area contributed by atoms with Crippen LogP contribution in [0.2, 0.25) is 5.02 Å². The summed E-state index contributed by atoms with van der Waals surface area (Å²) in [6.45, 7) is 1.95. The van der Waals surface area contributed by atoms with E-state index in [0.29, 0.717) is 28.2 Å². The van der Waals surface area contributed by atoms with Crippen molar-refractivity contribution < 1.29 is 18.0 Å². The lowest BCUT2D eigenvalue weighted by Gasteiger charge is -2.34. The van der Waals surface area contributed by atoms with Gasteiger partial charge < -0.3 is 10.2 Å². The van der Waals surface area contributed by atoms with E-state index in [0.717, 1.165) is 27.9 Å². The summed E-state index contributed by atoms with van der Waals surface area (Å²) in [4.78, 5) is 29.3. The summed E-state index contributed by atoms with van der Waals surface area (Å²) >= 11 is 6.50. The molecule has 0 saturated carbocycles. The Balaban J connectivity index is 1.78. The van der Waals surface area contributed by atoms with Gasteiger partial charge in [-0.25, -0.2) is 8.42 Å². The highest BCUT2D eigenvalue weighted by Gasteiger charge is 2.33. The SMILES string of the molecule is CCCNC(=O)C(Cc1ccccc1)N(Cc1ccccc1Cl)C(=O)CN(c1cccc2ccccc12)S(C)(=O)=O. The Bertz CT molecular complexity index is 1610. The van der Waals surface area contributed by atoms with Crippen molar-refractivity contribution in [2.45, 2.75) is 32.4 Å². The van der Waals surface area contributed by atoms with Crippen LogP contribution in [0.5, 0.6) is 0 Å². The number of carbonyl (C=O) groups excluding carboxylic acids is 2. The van der Waals surface area contributed by atoms with Crippen molar-refractivity contribution in [2.24, 2.45) is 0 Å². The smallest absolute Gasteiger partial charge is 0.244 e. The number of rotatable bonds is 12. The molecule has 41 heavy (non-hydrogen) atoms. The number of hydrogen-bond acceptors (Lipinski definition) is 4. The minimum Gasteiger partial charge on any atom is -0.354 e. The Hall–Kier alpha value is -3.88. The standard InChI is InChI=1S/C32H34ClN3O4S/c1-3-20-34-32(38)30(21-24-12-5-4-6-13-24)35(22-26-15-8-10-18-28(26)33)31(37)23-36(41(2,39)40)29-19-11-16-25-14-7-9-17-27(25)29/h4-19,30H,3,20-23H2,1-2H3,(H,34,38). The van der Waals surface area contributed by atoms with E-state index < -0.39 is 28.5 Å². The first-order valence-corrected chi connectivity index (χ1v) is 15.7. The van der Waals surface area contributed by atoms with Crippen molar-refractivity contribution in [3.05, 3.63) is 113 Å². The summed E-state index contributed by atoms with van der Waals surface area (Å²) in [6.07, 6.45) is 2.06. The van der Waals surface area contributed by atoms with Crippen molar-refractivity contribution in [2.75, 3.05) is 23.7 Å². The van der Waals surface area contributed by atoms with Gasteiger partial charge in [-0.1, -0.05) is 103 Å². The highest BCUT2D eigenvalue weighted by molar-refractivity contribution is 7.92. The Morgan fingerprint density at radius 3 is 2.24 bits per heavy atom. The average Bonchev–Trinajstić information content (AvgIpc) is 2.97. The third-order valence-electron chi connectivity index (χ3n) is 6.83. The maximum Gasteiger partial charge on any atom is 0.244 e. The third kappa shape index (κ3) is 7.65. The Morgan fingerprint density at radius 2 is 1.54 bits per heavy atom. The normalized spacial score (nSPS) is 12.1. The molecular weight excluding hydrogens is 558 g/mol. The summed E-state index contributed by atoms with van der Waals surface area (Å²) in [5, 5.41) is 4.93. The number of benzene rings is 4. The van der Waals surface area contributed by atoms with Crippen LogP contribution in [0.1, 0.15) is 24.5 Å². The zero-order chi connectivity index (χ0) is 29.4. The molecule has 7 nitrogen and oxygen atoms in total. The molecule has 0 saturated heterocycles. The molecule has 2 amide bonds. The van der Waals surface area contributed by atoms with Crippen molar-refractivity contribution in [3.63, 3.8) is 0 Å². The van der Waals surface area contributed by atoms with Gasteiger partial charge in [0.05, 0.1) is 11.9 Å². The zero-order valence-corrected chi connectivity index (χ0v) is 24.7. The Labute approximate surface area is 246 Å². The van der Waals surface area contributed by atoms with Gasteiger partial charge in [0.25, 0.3) is 0 Å². The van der Waals surface area contributed by atoms with Crippen LogP contribution in [0.3, 0.4) is 0 Å². The summed E-state index contributed by atoms with van der Waals surface area (Å²) in [6, 6.07) is 28.4. The molecule has 1 N–H and O–H groups in total. The molecule has 0 aromatic heterocycles. The van der Waals surface area contributed by atoms with Crippen LogP contribution in [0, 0.1) is 0 Å². The van der Waals surface area contributed by atoms with Gasteiger partial charge in [0.2, 0.25) is 21.8 Å². The van der Waals surface area contributed by atoms with Crippen molar-refractivity contribution >= 4 is 49.9 Å². The minimum absolute atomic E-state index is 0.0304. The number of anilines is 1. The van der Waals surface area contributed by atoms with E-state index >= 15 is 0 Å². The molecule has 1 unspecified atom stereocenters. The number of amides is 2. The predicted octanol–water partition coefficient (Wildman–Crippen LogP) is 5.43. The van der Waals surface area contributed by atoms with Crippen LogP contribution in [0.25, 0.3) is 10.8 Å². The van der Waals surface area contributed by atoms with Crippen molar-refractivity contribution in [3.8, 4) is 0 Å². The second-order valence-corrected chi connectivity index (χ2v) is 12.2. The van der Waals surface area contributed by atoms with Crippen molar-refractivity contribution in [1.29, 1.82) is 0 Å². The van der Waals surface area contributed by atoms with E-state index in [9.17, 15) is 18.0 Å². The van der Waals surface area contributed by atoms with Crippen LogP contribution in [-0.4, -0.2) is 50.5 Å². The number of halogens is 1. The summed E-state index contributed by atoms with van der Waals surface area (Å²) in [7, 11) is -3.88. The molecule has 1 atom stereocenters. The van der Waals surface area contributed by atoms with Gasteiger partial charge in [-0.15, -0.1) is 0 Å². The van der Waals surface area contributed by atoms with Gasteiger partial charge in [-0.3, -0.25) is 13.9 Å². The number of nitrogens with zero attached hydrogens (tertiary/aromatic N) is 2. The van der Waals surface area contributed by atoms with E-state index in [4.69, 9.17) is 11.6 Å². The van der Waals surface area contributed by atoms with E-state index in [1.54, 1.807) is 30.3 Å². The fourth-order valence-electron chi connectivity index (χ4n) is 4.75. The molecule has 0 aliphatic rings. The molecular formula is C32H34ClN3O4S. The van der Waals surface area contributed by atoms with E-state index in [2.05, 4.69) is 5.32 Å². The third-order valence-corrected chi connectivity index (χ3v) is 8.33. The van der Waals surface area contributed by atoms with Crippen LogP contribution in [-0.2, 0) is 32.6 Å². The van der Waals surface area contributed by atoms with Crippen LogP contribution >= 0.6 is 11.6 Å². The monoisotopic (exact) mass is 591 g/mol. The van der Waals surface area contributed by atoms with E-state index in [1.165, 1.54) is 4.90 Å². The minimum atomic E-state index is -3.88. The van der Waals surface area contributed by atoms with Crippen molar-refractivity contribution in [1.82, 2.24) is 10.2 Å². The zero-order valence-electron chi connectivity index (χ0n) is 23.2. The second kappa shape index (κ2) is 13.7. The van der Waals surface area contributed by atoms with Gasteiger partial charge in [-0.05, 0) is 35.1 Å². The fraction of sp³-hybridized carbons (Fsp3) is 0.250.